The smallest absolute Gasteiger partial charge is 0.191 e. The zero-order chi connectivity index (χ0) is 13.1. The van der Waals surface area contributed by atoms with Gasteiger partial charge in [0.25, 0.3) is 0 Å². The summed E-state index contributed by atoms with van der Waals surface area (Å²) >= 11 is 0. The second kappa shape index (κ2) is 7.82. The van der Waals surface area contributed by atoms with E-state index in [9.17, 15) is 0 Å². The first-order valence-electron chi connectivity index (χ1n) is 8.05. The normalized spacial score (nSPS) is 25.8. The van der Waals surface area contributed by atoms with Crippen molar-refractivity contribution in [1.82, 2.24) is 15.5 Å². The van der Waals surface area contributed by atoms with Crippen LogP contribution in [0.1, 0.15) is 44.9 Å². The van der Waals surface area contributed by atoms with Crippen molar-refractivity contribution in [2.24, 2.45) is 10.9 Å². The molecule has 2 N–H and O–H groups in total. The van der Waals surface area contributed by atoms with Crippen LogP contribution in [-0.2, 0) is 0 Å². The van der Waals surface area contributed by atoms with E-state index < -0.39 is 0 Å². The minimum absolute atomic E-state index is 0. The first-order valence-corrected chi connectivity index (χ1v) is 8.05. The Labute approximate surface area is 140 Å². The quantitative estimate of drug-likeness (QED) is 0.438. The maximum atomic E-state index is 4.36. The lowest BCUT2D eigenvalue weighted by Gasteiger charge is -2.34. The lowest BCUT2D eigenvalue weighted by atomic mass is 9.93. The van der Waals surface area contributed by atoms with E-state index in [2.05, 4.69) is 20.5 Å². The zero-order valence-corrected chi connectivity index (χ0v) is 14.9. The molecule has 20 heavy (non-hydrogen) atoms. The lowest BCUT2D eigenvalue weighted by Crippen LogP contribution is -2.52. The number of hydrogen-bond donors (Lipinski definition) is 2. The monoisotopic (exact) mass is 392 g/mol. The van der Waals surface area contributed by atoms with E-state index in [0.29, 0.717) is 12.1 Å². The number of likely N-dealkylation sites (tertiary alicyclic amines) is 1. The molecule has 0 aromatic heterocycles. The van der Waals surface area contributed by atoms with E-state index in [0.717, 1.165) is 11.9 Å². The molecule has 2 saturated carbocycles. The van der Waals surface area contributed by atoms with Gasteiger partial charge in [-0.2, -0.15) is 0 Å². The molecule has 1 heterocycles. The number of rotatable bonds is 4. The minimum Gasteiger partial charge on any atom is -0.354 e. The third-order valence-electron chi connectivity index (χ3n) is 4.81. The van der Waals surface area contributed by atoms with Gasteiger partial charge < -0.3 is 15.5 Å². The van der Waals surface area contributed by atoms with E-state index in [1.54, 1.807) is 0 Å². The number of piperidine rings is 1. The fraction of sp³-hybridized carbons (Fsp3) is 0.933. The van der Waals surface area contributed by atoms with Crippen LogP contribution in [-0.4, -0.2) is 49.6 Å². The van der Waals surface area contributed by atoms with Gasteiger partial charge in [-0.15, -0.1) is 24.0 Å². The highest BCUT2D eigenvalue weighted by Gasteiger charge is 2.27. The van der Waals surface area contributed by atoms with Crippen LogP contribution in [0.25, 0.3) is 0 Å². The predicted octanol–water partition coefficient (Wildman–Crippen LogP) is 2.20. The van der Waals surface area contributed by atoms with E-state index in [4.69, 9.17) is 0 Å². The topological polar surface area (TPSA) is 39.7 Å². The Hall–Kier alpha value is -0.0400. The summed E-state index contributed by atoms with van der Waals surface area (Å²) in [5.74, 6) is 2.04. The van der Waals surface area contributed by atoms with Gasteiger partial charge in [-0.1, -0.05) is 0 Å². The highest BCUT2D eigenvalue weighted by Crippen LogP contribution is 2.30. The van der Waals surface area contributed by atoms with E-state index in [-0.39, 0.29) is 24.0 Å². The first kappa shape index (κ1) is 16.3. The third kappa shape index (κ3) is 4.76. The Morgan fingerprint density at radius 1 is 1.00 bits per heavy atom. The SMILES string of the molecule is CN=C(NC1CCC1)NC1CCN(CC2CC2)CC1.I. The molecule has 3 fully saturated rings. The molecule has 3 rings (SSSR count). The molecule has 1 saturated heterocycles. The average Bonchev–Trinajstić information content (AvgIpc) is 3.18. The van der Waals surface area contributed by atoms with Gasteiger partial charge in [0, 0.05) is 38.8 Å². The van der Waals surface area contributed by atoms with E-state index in [1.165, 1.54) is 64.6 Å². The molecular formula is C15H29IN4. The maximum Gasteiger partial charge on any atom is 0.191 e. The minimum atomic E-state index is 0. The Kier molecular flexibility index (Phi) is 6.39. The van der Waals surface area contributed by atoms with Crippen molar-refractivity contribution in [2.75, 3.05) is 26.7 Å². The van der Waals surface area contributed by atoms with Gasteiger partial charge in [-0.25, -0.2) is 0 Å². The number of nitrogens with zero attached hydrogens (tertiary/aromatic N) is 2. The Morgan fingerprint density at radius 2 is 1.60 bits per heavy atom. The third-order valence-corrected chi connectivity index (χ3v) is 4.81. The largest absolute Gasteiger partial charge is 0.354 e. The predicted molar refractivity (Wildman–Crippen MR) is 94.9 cm³/mol. The fourth-order valence-electron chi connectivity index (χ4n) is 3.04. The van der Waals surface area contributed by atoms with Crippen LogP contribution in [0.4, 0.5) is 0 Å². The van der Waals surface area contributed by atoms with Gasteiger partial charge in [-0.3, -0.25) is 4.99 Å². The van der Waals surface area contributed by atoms with Crippen molar-refractivity contribution in [1.29, 1.82) is 0 Å². The summed E-state index contributed by atoms with van der Waals surface area (Å²) in [5, 5.41) is 7.14. The molecule has 0 spiro atoms. The zero-order valence-electron chi connectivity index (χ0n) is 12.6. The van der Waals surface area contributed by atoms with Crippen LogP contribution in [0.15, 0.2) is 4.99 Å². The highest BCUT2D eigenvalue weighted by atomic mass is 127. The second-order valence-electron chi connectivity index (χ2n) is 6.51. The molecular weight excluding hydrogens is 363 g/mol. The molecule has 2 aliphatic carbocycles. The van der Waals surface area contributed by atoms with Gasteiger partial charge in [0.2, 0.25) is 0 Å². The molecule has 4 nitrogen and oxygen atoms in total. The molecule has 1 aliphatic heterocycles. The molecule has 0 bridgehead atoms. The van der Waals surface area contributed by atoms with Gasteiger partial charge in [0.05, 0.1) is 0 Å². The van der Waals surface area contributed by atoms with Crippen LogP contribution >= 0.6 is 24.0 Å². The van der Waals surface area contributed by atoms with Gasteiger partial charge >= 0.3 is 0 Å². The average molecular weight is 392 g/mol. The molecule has 116 valence electrons. The molecule has 0 aromatic carbocycles. The first-order chi connectivity index (χ1) is 9.33. The maximum absolute atomic E-state index is 4.36. The standard InChI is InChI=1S/C15H28N4.HI/c1-16-15(17-13-3-2-4-13)18-14-7-9-19(10-8-14)11-12-5-6-12;/h12-14H,2-11H2,1H3,(H2,16,17,18);1H. The van der Waals surface area contributed by atoms with Crippen molar-refractivity contribution in [3.8, 4) is 0 Å². The van der Waals surface area contributed by atoms with E-state index in [1.807, 2.05) is 7.05 Å². The van der Waals surface area contributed by atoms with Crippen molar-refractivity contribution < 1.29 is 0 Å². The summed E-state index contributed by atoms with van der Waals surface area (Å²) in [6.07, 6.45) is 9.44. The molecule has 0 radical (unpaired) electrons. The molecule has 0 aromatic rings. The second-order valence-corrected chi connectivity index (χ2v) is 6.51. The van der Waals surface area contributed by atoms with E-state index >= 15 is 0 Å². The summed E-state index contributed by atoms with van der Waals surface area (Å²) in [6.45, 7) is 3.87. The number of halogens is 1. The molecule has 5 heteroatoms. The molecule has 0 unspecified atom stereocenters. The number of nitrogens with one attached hydrogen (secondary N) is 2. The Morgan fingerprint density at radius 3 is 2.05 bits per heavy atom. The summed E-state index contributed by atoms with van der Waals surface area (Å²) in [6, 6.07) is 1.28. The lowest BCUT2D eigenvalue weighted by molar-refractivity contribution is 0.198. The van der Waals surface area contributed by atoms with Crippen LogP contribution < -0.4 is 10.6 Å². The van der Waals surface area contributed by atoms with Gasteiger partial charge in [-0.05, 0) is 50.9 Å². The van der Waals surface area contributed by atoms with Gasteiger partial charge in [0.15, 0.2) is 5.96 Å². The summed E-state index contributed by atoms with van der Waals surface area (Å²) in [5.41, 5.74) is 0. The Bertz CT molecular complexity index is 318. The number of guanidine groups is 1. The van der Waals surface area contributed by atoms with Crippen LogP contribution in [0, 0.1) is 5.92 Å². The molecule has 0 atom stereocenters. The van der Waals surface area contributed by atoms with Crippen molar-refractivity contribution in [3.63, 3.8) is 0 Å². The van der Waals surface area contributed by atoms with Crippen molar-refractivity contribution in [3.05, 3.63) is 0 Å². The van der Waals surface area contributed by atoms with Crippen LogP contribution in [0.5, 0.6) is 0 Å². The number of hydrogen-bond acceptors (Lipinski definition) is 2. The molecule has 3 aliphatic rings. The summed E-state index contributed by atoms with van der Waals surface area (Å²) < 4.78 is 0. The molecule has 0 amide bonds. The Balaban J connectivity index is 0.00000147. The number of aliphatic imine (C=N–C) groups is 1. The van der Waals surface area contributed by atoms with Crippen LogP contribution in [0.2, 0.25) is 0 Å². The van der Waals surface area contributed by atoms with Crippen LogP contribution in [0.3, 0.4) is 0 Å². The van der Waals surface area contributed by atoms with Gasteiger partial charge in [0.1, 0.15) is 0 Å². The summed E-state index contributed by atoms with van der Waals surface area (Å²) in [7, 11) is 1.89. The highest BCUT2D eigenvalue weighted by molar-refractivity contribution is 14.0. The summed E-state index contributed by atoms with van der Waals surface area (Å²) in [4.78, 5) is 7.01. The fourth-order valence-corrected chi connectivity index (χ4v) is 3.04. The van der Waals surface area contributed by atoms with Crippen molar-refractivity contribution >= 4 is 29.9 Å². The van der Waals surface area contributed by atoms with Crippen molar-refractivity contribution in [2.45, 2.75) is 57.0 Å².